The van der Waals surface area contributed by atoms with Gasteiger partial charge >= 0.3 is 33.0 Å². The molecule has 0 N–H and O–H groups in total. The van der Waals surface area contributed by atoms with E-state index in [-0.39, 0.29) is 10.9 Å². The molecule has 0 atom stereocenters. The molecule has 47 heavy (non-hydrogen) atoms. The summed E-state index contributed by atoms with van der Waals surface area (Å²) in [6, 6.07) is 26.6. The Morgan fingerprint density at radius 3 is 0.809 bits per heavy atom. The monoisotopic (exact) mass is 702 g/mol. The molecule has 0 aliphatic heterocycles. The molecule has 3 aliphatic rings. The van der Waals surface area contributed by atoms with E-state index in [9.17, 15) is 25.2 Å². The zero-order valence-corrected chi connectivity index (χ0v) is 28.3. The molecular weight excluding hydrogens is 657 g/mol. The van der Waals surface area contributed by atoms with Gasteiger partial charge in [0.2, 0.25) is 0 Å². The van der Waals surface area contributed by atoms with Gasteiger partial charge in [-0.05, 0) is 150 Å². The summed E-state index contributed by atoms with van der Waals surface area (Å²) in [7, 11) is -10.9. The van der Waals surface area contributed by atoms with E-state index in [2.05, 4.69) is 72.8 Å². The van der Waals surface area contributed by atoms with Crippen LogP contribution in [0.15, 0.2) is 87.5 Å². The first-order valence-electron chi connectivity index (χ1n) is 16.9. The van der Waals surface area contributed by atoms with Gasteiger partial charge in [0.1, 0.15) is 17.2 Å². The van der Waals surface area contributed by atoms with Gasteiger partial charge in [0, 0.05) is 0 Å². The number of halogens is 6. The Balaban J connectivity index is 0.000000559. The van der Waals surface area contributed by atoms with Gasteiger partial charge in [-0.3, -0.25) is 0 Å². The zero-order chi connectivity index (χ0) is 33.4. The third-order valence-electron chi connectivity index (χ3n) is 8.74. The summed E-state index contributed by atoms with van der Waals surface area (Å²) in [5, 5.41) is 0. The van der Waals surface area contributed by atoms with Crippen LogP contribution in [0.2, 0.25) is 0 Å². The largest absolute Gasteiger partial charge is 0.490 e. The summed E-state index contributed by atoms with van der Waals surface area (Å²) in [4.78, 5) is 3.91. The Morgan fingerprint density at radius 2 is 0.596 bits per heavy atom. The molecular formula is C36H45F6O3PS. The summed E-state index contributed by atoms with van der Waals surface area (Å²) in [5.41, 5.74) is 0. The summed E-state index contributed by atoms with van der Waals surface area (Å²) < 4.78 is 78.2. The fraction of sp³-hybridized carbons (Fsp3) is 0.500. The molecule has 0 bridgehead atoms. The van der Waals surface area contributed by atoms with Gasteiger partial charge in [-0.25, -0.2) is 0 Å². The van der Waals surface area contributed by atoms with Crippen LogP contribution in [0.3, 0.4) is 0 Å². The van der Waals surface area contributed by atoms with Crippen molar-refractivity contribution >= 4 is 18.7 Å². The molecule has 3 aromatic rings. The summed E-state index contributed by atoms with van der Waals surface area (Å²) in [6.07, 6.45) is 19.9. The molecule has 3 fully saturated rings. The van der Waals surface area contributed by atoms with E-state index in [0.717, 1.165) is 17.2 Å². The van der Waals surface area contributed by atoms with E-state index < -0.39 is 7.81 Å². The fourth-order valence-corrected chi connectivity index (χ4v) is 8.54. The Kier molecular flexibility index (Phi) is 11.3. The molecule has 0 heterocycles. The molecule has 6 rings (SSSR count). The van der Waals surface area contributed by atoms with Crippen LogP contribution in [-0.2, 0) is 10.9 Å². The Labute approximate surface area is 277 Å². The molecule has 11 heteroatoms. The van der Waals surface area contributed by atoms with E-state index in [1.54, 1.807) is 0 Å². The molecule has 0 amide bonds. The van der Waals surface area contributed by atoms with Crippen molar-refractivity contribution in [1.29, 1.82) is 0 Å². The van der Waals surface area contributed by atoms with Crippen LogP contribution < -0.4 is 14.2 Å². The van der Waals surface area contributed by atoms with Gasteiger partial charge in [0.15, 0.2) is 14.7 Å². The fourth-order valence-electron chi connectivity index (χ4n) is 6.50. The maximum absolute atomic E-state index is 10.7. The van der Waals surface area contributed by atoms with Crippen molar-refractivity contribution in [2.45, 2.75) is 129 Å². The van der Waals surface area contributed by atoms with Crippen molar-refractivity contribution in [2.24, 2.45) is 0 Å². The van der Waals surface area contributed by atoms with Crippen LogP contribution >= 0.6 is 7.81 Å². The van der Waals surface area contributed by atoms with Crippen molar-refractivity contribution in [3.05, 3.63) is 72.8 Å². The second-order valence-electron chi connectivity index (χ2n) is 12.8. The van der Waals surface area contributed by atoms with Crippen LogP contribution in [0.25, 0.3) is 0 Å². The second kappa shape index (κ2) is 14.9. The third-order valence-corrected chi connectivity index (χ3v) is 11.0. The van der Waals surface area contributed by atoms with Crippen molar-refractivity contribution < 1.29 is 39.4 Å². The summed E-state index contributed by atoms with van der Waals surface area (Å²) >= 11 is 0. The van der Waals surface area contributed by atoms with Crippen molar-refractivity contribution in [2.75, 3.05) is 0 Å². The van der Waals surface area contributed by atoms with E-state index in [1.807, 2.05) is 0 Å². The standard InChI is InChI=1S/C36H45O3S.F6P/c1-4-10-28(11-5-1)37-31-16-22-34(23-17-31)40(35-24-18-32(19-25-35)38-29-12-6-2-7-13-29)36-26-20-33(21-27-36)39-30-14-8-3-9-15-30;1-7(2,3,4,5)6/h16-30H,1-15H2;/q+1;-1. The first-order chi connectivity index (χ1) is 22.2. The molecule has 0 aromatic heterocycles. The van der Waals surface area contributed by atoms with E-state index in [1.165, 1.54) is 111 Å². The summed E-state index contributed by atoms with van der Waals surface area (Å²) in [5.74, 6) is 2.98. The van der Waals surface area contributed by atoms with Crippen LogP contribution in [0.1, 0.15) is 96.3 Å². The molecule has 260 valence electrons. The molecule has 0 saturated heterocycles. The molecule has 3 aliphatic carbocycles. The Morgan fingerprint density at radius 1 is 0.383 bits per heavy atom. The topological polar surface area (TPSA) is 27.7 Å². The molecule has 0 spiro atoms. The minimum atomic E-state index is -10.7. The Bertz CT molecular complexity index is 1220. The number of hydrogen-bond donors (Lipinski definition) is 0. The quantitative estimate of drug-likeness (QED) is 0.126. The molecule has 3 saturated carbocycles. The molecule has 3 aromatic carbocycles. The van der Waals surface area contributed by atoms with Gasteiger partial charge in [-0.2, -0.15) is 0 Å². The van der Waals surface area contributed by atoms with Gasteiger partial charge < -0.3 is 14.2 Å². The first-order valence-corrected chi connectivity index (χ1v) is 20.1. The second-order valence-corrected chi connectivity index (χ2v) is 16.8. The minimum Gasteiger partial charge on any atom is -0.490 e. The number of ether oxygens (including phenoxy) is 3. The maximum atomic E-state index is 9.87. The number of rotatable bonds is 9. The van der Waals surface area contributed by atoms with Crippen LogP contribution in [0.4, 0.5) is 25.2 Å². The SMILES string of the molecule is F[P-](F)(F)(F)(F)F.c1cc([S+](c2ccc(OC3CCCCC3)cc2)c2ccc(OC3CCCCC3)cc2)ccc1OC1CCCCC1. The zero-order valence-electron chi connectivity index (χ0n) is 26.6. The van der Waals surface area contributed by atoms with Gasteiger partial charge in [-0.15, -0.1) is 0 Å². The normalized spacial score (nSPS) is 20.0. The predicted octanol–water partition coefficient (Wildman–Crippen LogP) is 13.3. The van der Waals surface area contributed by atoms with E-state index in [4.69, 9.17) is 14.2 Å². The smallest absolute Gasteiger partial charge is 0.166 e. The molecule has 0 radical (unpaired) electrons. The predicted molar refractivity (Wildman–Crippen MR) is 178 cm³/mol. The van der Waals surface area contributed by atoms with Crippen LogP contribution in [-0.4, -0.2) is 18.3 Å². The maximum Gasteiger partial charge on any atom is 0.166 e. The van der Waals surface area contributed by atoms with Gasteiger partial charge in [0.25, 0.3) is 0 Å². The third kappa shape index (κ3) is 13.1. The number of hydrogen-bond acceptors (Lipinski definition) is 3. The molecule has 0 unspecified atom stereocenters. The van der Waals surface area contributed by atoms with Crippen molar-refractivity contribution in [3.8, 4) is 17.2 Å². The minimum absolute atomic E-state index is 0.226. The van der Waals surface area contributed by atoms with E-state index >= 15 is 0 Å². The van der Waals surface area contributed by atoms with Crippen molar-refractivity contribution in [1.82, 2.24) is 0 Å². The van der Waals surface area contributed by atoms with Crippen molar-refractivity contribution in [3.63, 3.8) is 0 Å². The molecule has 3 nitrogen and oxygen atoms in total. The first kappa shape index (κ1) is 35.7. The van der Waals surface area contributed by atoms with Gasteiger partial charge in [0.05, 0.1) is 29.2 Å². The average molecular weight is 703 g/mol. The van der Waals surface area contributed by atoms with Crippen LogP contribution in [0.5, 0.6) is 17.2 Å². The van der Waals surface area contributed by atoms with E-state index in [0.29, 0.717) is 18.3 Å². The Hall–Kier alpha value is -2.58. The van der Waals surface area contributed by atoms with Gasteiger partial charge in [-0.1, -0.05) is 19.3 Å². The number of benzene rings is 3. The van der Waals surface area contributed by atoms with Crippen LogP contribution in [0, 0.1) is 0 Å². The summed E-state index contributed by atoms with van der Waals surface area (Å²) in [6.45, 7) is 0. The average Bonchev–Trinajstić information content (AvgIpc) is 3.04.